The van der Waals surface area contributed by atoms with Gasteiger partial charge in [-0.3, -0.25) is 4.72 Å². The molecule has 3 atom stereocenters. The van der Waals surface area contributed by atoms with Gasteiger partial charge in [-0.25, -0.2) is 13.2 Å². The molecule has 8 heteroatoms. The van der Waals surface area contributed by atoms with Crippen LogP contribution in [0.1, 0.15) is 39.9 Å². The zero-order chi connectivity index (χ0) is 23.9. The lowest BCUT2D eigenvalue weighted by Crippen LogP contribution is -2.29. The standard InChI is InChI=1S/C26H24N2O5S/c1-33-24-8-3-2-7-23(24)28-34(31,32)18-13-14-22-21(15-18)19-5-4-6-20(19)25(27-22)16-9-11-17(12-10-16)26(29)30/h2-5,7-15,19-20,25,27-28H,6H2,1H3,(H,29,30)/t19-,20+,25+/m1/s1. The molecule has 5 rings (SSSR count). The van der Waals surface area contributed by atoms with Crippen molar-refractivity contribution in [1.29, 1.82) is 0 Å². The van der Waals surface area contributed by atoms with Crippen LogP contribution in [0.25, 0.3) is 0 Å². The lowest BCUT2D eigenvalue weighted by atomic mass is 9.77. The largest absolute Gasteiger partial charge is 0.495 e. The average molecular weight is 477 g/mol. The van der Waals surface area contributed by atoms with Crippen LogP contribution >= 0.6 is 0 Å². The minimum atomic E-state index is -3.82. The Labute approximate surface area is 198 Å². The summed E-state index contributed by atoms with van der Waals surface area (Å²) >= 11 is 0. The Bertz CT molecular complexity index is 1380. The molecule has 2 aliphatic rings. The average Bonchev–Trinajstić information content (AvgIpc) is 3.34. The number of hydrogen-bond acceptors (Lipinski definition) is 5. The van der Waals surface area contributed by atoms with Crippen molar-refractivity contribution in [2.24, 2.45) is 5.92 Å². The molecule has 0 radical (unpaired) electrons. The Morgan fingerprint density at radius 3 is 2.59 bits per heavy atom. The first-order valence-corrected chi connectivity index (χ1v) is 12.4. The van der Waals surface area contributed by atoms with Gasteiger partial charge < -0.3 is 15.2 Å². The second-order valence-electron chi connectivity index (χ2n) is 8.46. The highest BCUT2D eigenvalue weighted by molar-refractivity contribution is 7.92. The summed E-state index contributed by atoms with van der Waals surface area (Å²) in [4.78, 5) is 11.4. The van der Waals surface area contributed by atoms with Crippen LogP contribution in [0.3, 0.4) is 0 Å². The van der Waals surface area contributed by atoms with E-state index in [-0.39, 0.29) is 28.3 Å². The maximum atomic E-state index is 13.2. The molecule has 1 heterocycles. The molecule has 0 saturated heterocycles. The number of methoxy groups -OCH3 is 1. The van der Waals surface area contributed by atoms with Gasteiger partial charge in [-0.15, -0.1) is 0 Å². The third-order valence-corrected chi connectivity index (χ3v) is 7.88. The number of ether oxygens (including phenoxy) is 1. The summed E-state index contributed by atoms with van der Waals surface area (Å²) in [7, 11) is -2.33. The topological polar surface area (TPSA) is 105 Å². The van der Waals surface area contributed by atoms with Gasteiger partial charge in [-0.1, -0.05) is 36.4 Å². The fraction of sp³-hybridized carbons (Fsp3) is 0.192. The molecule has 0 amide bonds. The summed E-state index contributed by atoms with van der Waals surface area (Å²) in [6.45, 7) is 0. The number of hydrogen-bond donors (Lipinski definition) is 3. The molecular formula is C26H24N2O5S. The number of aromatic carboxylic acids is 1. The van der Waals surface area contributed by atoms with Crippen LogP contribution in [0.5, 0.6) is 5.75 Å². The smallest absolute Gasteiger partial charge is 0.335 e. The number of fused-ring (bicyclic) bond motifs is 3. The van der Waals surface area contributed by atoms with Gasteiger partial charge in [-0.2, -0.15) is 0 Å². The predicted molar refractivity (Wildman–Crippen MR) is 130 cm³/mol. The number of sulfonamides is 1. The van der Waals surface area contributed by atoms with E-state index < -0.39 is 16.0 Å². The SMILES string of the molecule is COc1ccccc1NS(=O)(=O)c1ccc2c(c1)[C@@H]1C=CC[C@@H]1[C@H](c1ccc(C(=O)O)cc1)N2. The van der Waals surface area contributed by atoms with Gasteiger partial charge in [0.1, 0.15) is 5.75 Å². The predicted octanol–water partition coefficient (Wildman–Crippen LogP) is 5.02. The second kappa shape index (κ2) is 8.53. The van der Waals surface area contributed by atoms with E-state index >= 15 is 0 Å². The van der Waals surface area contributed by atoms with Gasteiger partial charge >= 0.3 is 5.97 Å². The maximum absolute atomic E-state index is 13.2. The summed E-state index contributed by atoms with van der Waals surface area (Å²) < 4.78 is 34.2. The number of benzene rings is 3. The minimum Gasteiger partial charge on any atom is -0.495 e. The van der Waals surface area contributed by atoms with Gasteiger partial charge in [0.2, 0.25) is 0 Å². The molecule has 0 spiro atoms. The van der Waals surface area contributed by atoms with Crippen molar-refractivity contribution in [2.45, 2.75) is 23.3 Å². The number of carboxylic acid groups (broad SMARTS) is 1. The van der Waals surface area contributed by atoms with Crippen LogP contribution in [0.2, 0.25) is 0 Å². The van der Waals surface area contributed by atoms with Crippen LogP contribution in [0.15, 0.2) is 83.8 Å². The molecule has 0 aromatic heterocycles. The van der Waals surface area contributed by atoms with Crippen LogP contribution in [-0.4, -0.2) is 26.6 Å². The number of rotatable bonds is 6. The minimum absolute atomic E-state index is 0.00972. The lowest BCUT2D eigenvalue weighted by molar-refractivity contribution is 0.0697. The number of carboxylic acids is 1. The fourth-order valence-corrected chi connectivity index (χ4v) is 5.94. The summed E-state index contributed by atoms with van der Waals surface area (Å²) in [5, 5.41) is 12.8. The van der Waals surface area contributed by atoms with E-state index in [1.807, 2.05) is 12.1 Å². The van der Waals surface area contributed by atoms with Gasteiger partial charge in [0, 0.05) is 11.6 Å². The second-order valence-corrected chi connectivity index (χ2v) is 10.1. The Kier molecular flexibility index (Phi) is 5.53. The monoisotopic (exact) mass is 476 g/mol. The summed E-state index contributed by atoms with van der Waals surface area (Å²) in [6, 6.07) is 18.9. The van der Waals surface area contributed by atoms with Gasteiger partial charge in [-0.05, 0) is 65.9 Å². The molecule has 34 heavy (non-hydrogen) atoms. The highest BCUT2D eigenvalue weighted by Gasteiger charge is 2.38. The van der Waals surface area contributed by atoms with Crippen molar-refractivity contribution in [3.8, 4) is 5.75 Å². The molecule has 0 saturated carbocycles. The van der Waals surface area contributed by atoms with Crippen molar-refractivity contribution >= 4 is 27.4 Å². The van der Waals surface area contributed by atoms with Gasteiger partial charge in [0.25, 0.3) is 10.0 Å². The van der Waals surface area contributed by atoms with E-state index in [1.54, 1.807) is 54.6 Å². The van der Waals surface area contributed by atoms with E-state index in [0.717, 1.165) is 23.2 Å². The molecule has 0 unspecified atom stereocenters. The first-order valence-electron chi connectivity index (χ1n) is 10.9. The Morgan fingerprint density at radius 2 is 1.85 bits per heavy atom. The highest BCUT2D eigenvalue weighted by Crippen LogP contribution is 2.50. The zero-order valence-electron chi connectivity index (χ0n) is 18.4. The number of para-hydroxylation sites is 2. The van der Waals surface area contributed by atoms with Crippen LogP contribution in [0, 0.1) is 5.92 Å². The number of allylic oxidation sites excluding steroid dienone is 2. The lowest BCUT2D eigenvalue weighted by Gasteiger charge is -2.37. The molecule has 3 N–H and O–H groups in total. The molecule has 3 aromatic rings. The van der Waals surface area contributed by atoms with Crippen molar-refractivity contribution in [3.63, 3.8) is 0 Å². The molecule has 7 nitrogen and oxygen atoms in total. The normalized spacial score (nSPS) is 20.7. The van der Waals surface area contributed by atoms with E-state index in [4.69, 9.17) is 4.74 Å². The first kappa shape index (κ1) is 22.0. The van der Waals surface area contributed by atoms with Crippen molar-refractivity contribution in [3.05, 3.63) is 95.6 Å². The number of carbonyl (C=O) groups is 1. The van der Waals surface area contributed by atoms with E-state index in [0.29, 0.717) is 11.4 Å². The Hall–Kier alpha value is -3.78. The fourth-order valence-electron chi connectivity index (χ4n) is 4.84. The molecule has 0 bridgehead atoms. The molecule has 1 aliphatic carbocycles. The maximum Gasteiger partial charge on any atom is 0.335 e. The van der Waals surface area contributed by atoms with E-state index in [9.17, 15) is 18.3 Å². The van der Waals surface area contributed by atoms with Crippen molar-refractivity contribution in [1.82, 2.24) is 0 Å². The van der Waals surface area contributed by atoms with Gasteiger partial charge in [0.05, 0.1) is 29.3 Å². The Morgan fingerprint density at radius 1 is 1.09 bits per heavy atom. The zero-order valence-corrected chi connectivity index (χ0v) is 19.2. The number of nitrogens with one attached hydrogen (secondary N) is 2. The summed E-state index contributed by atoms with van der Waals surface area (Å²) in [5.41, 5.74) is 3.43. The van der Waals surface area contributed by atoms with E-state index in [2.05, 4.69) is 22.2 Å². The Balaban J connectivity index is 1.47. The molecule has 3 aromatic carbocycles. The van der Waals surface area contributed by atoms with E-state index in [1.165, 1.54) is 7.11 Å². The quantitative estimate of drug-likeness (QED) is 0.432. The first-order chi connectivity index (χ1) is 16.4. The van der Waals surface area contributed by atoms with Crippen LogP contribution in [-0.2, 0) is 10.0 Å². The van der Waals surface area contributed by atoms with Crippen LogP contribution < -0.4 is 14.8 Å². The third kappa shape index (κ3) is 3.90. The van der Waals surface area contributed by atoms with Crippen molar-refractivity contribution < 1.29 is 23.1 Å². The number of anilines is 2. The molecule has 0 fully saturated rings. The van der Waals surface area contributed by atoms with Crippen molar-refractivity contribution in [2.75, 3.05) is 17.1 Å². The summed E-state index contributed by atoms with van der Waals surface area (Å²) in [6.07, 6.45) is 5.10. The van der Waals surface area contributed by atoms with Crippen LogP contribution in [0.4, 0.5) is 11.4 Å². The highest BCUT2D eigenvalue weighted by atomic mass is 32.2. The third-order valence-electron chi connectivity index (χ3n) is 6.51. The molecule has 1 aliphatic heterocycles. The molecular weight excluding hydrogens is 452 g/mol. The van der Waals surface area contributed by atoms with Gasteiger partial charge in [0.15, 0.2) is 0 Å². The summed E-state index contributed by atoms with van der Waals surface area (Å²) in [5.74, 6) is -0.254. The molecule has 174 valence electrons.